The van der Waals surface area contributed by atoms with E-state index in [0.29, 0.717) is 29.9 Å². The number of sulfonamides is 1. The summed E-state index contributed by atoms with van der Waals surface area (Å²) in [6, 6.07) is 14.9. The van der Waals surface area contributed by atoms with Crippen molar-refractivity contribution in [3.05, 3.63) is 78.1 Å². The van der Waals surface area contributed by atoms with E-state index in [1.54, 1.807) is 24.8 Å². The topological polar surface area (TPSA) is 71.3 Å². The van der Waals surface area contributed by atoms with Crippen molar-refractivity contribution >= 4 is 15.7 Å². The number of aromatic nitrogens is 3. The molecule has 0 N–H and O–H groups in total. The molecule has 2 unspecified atom stereocenters. The molecule has 36 heavy (non-hydrogen) atoms. The third-order valence-electron chi connectivity index (χ3n) is 8.49. The molecule has 3 aromatic rings. The standard InChI is InChI=1S/C27H32FN5O2S/c1-19-7-12-26(20-5-3-2-4-6-20)36(34,35)33(19)16-21-10-11-24(13-25(21)28)31-14-22-8-9-23(15-31)27(22)32-17-29-30-18-32/h2-6,10-11,13,17-19,22-23,26-27H,7-9,12,14-16H2,1H3/t19?,22-,23+,26?,27-. The van der Waals surface area contributed by atoms with E-state index in [2.05, 4.69) is 19.7 Å². The van der Waals surface area contributed by atoms with Gasteiger partial charge in [0.15, 0.2) is 0 Å². The fourth-order valence-electron chi connectivity index (χ4n) is 6.64. The molecule has 2 aliphatic heterocycles. The summed E-state index contributed by atoms with van der Waals surface area (Å²) < 4.78 is 46.1. The molecule has 190 valence electrons. The van der Waals surface area contributed by atoms with E-state index in [0.717, 1.165) is 43.6 Å². The van der Waals surface area contributed by atoms with Crippen molar-refractivity contribution in [3.63, 3.8) is 0 Å². The molecule has 7 nitrogen and oxygen atoms in total. The van der Waals surface area contributed by atoms with E-state index < -0.39 is 15.3 Å². The lowest BCUT2D eigenvalue weighted by Crippen LogP contribution is -2.45. The Morgan fingerprint density at radius 2 is 1.64 bits per heavy atom. The molecular formula is C27H32FN5O2S. The number of halogens is 1. The minimum absolute atomic E-state index is 0.0555. The molecule has 0 spiro atoms. The van der Waals surface area contributed by atoms with E-state index in [9.17, 15) is 8.42 Å². The van der Waals surface area contributed by atoms with Gasteiger partial charge in [-0.3, -0.25) is 0 Å². The van der Waals surface area contributed by atoms with E-state index in [-0.39, 0.29) is 18.4 Å². The Hall–Kier alpha value is -2.78. The van der Waals surface area contributed by atoms with Gasteiger partial charge in [-0.05, 0) is 62.1 Å². The molecule has 3 fully saturated rings. The number of fused-ring (bicyclic) bond motifs is 2. The lowest BCUT2D eigenvalue weighted by atomic mass is 9.91. The second kappa shape index (κ2) is 9.27. The van der Waals surface area contributed by atoms with E-state index in [1.807, 2.05) is 43.3 Å². The lowest BCUT2D eigenvalue weighted by Gasteiger charge is -2.40. The van der Waals surface area contributed by atoms with Gasteiger partial charge in [0.2, 0.25) is 10.0 Å². The number of anilines is 1. The molecule has 9 heteroatoms. The first-order valence-corrected chi connectivity index (χ1v) is 14.3. The molecular weight excluding hydrogens is 477 g/mol. The Morgan fingerprint density at radius 1 is 0.944 bits per heavy atom. The summed E-state index contributed by atoms with van der Waals surface area (Å²) in [6.07, 6.45) is 7.24. The molecule has 5 atom stereocenters. The summed E-state index contributed by atoms with van der Waals surface area (Å²) in [4.78, 5) is 2.28. The normalized spacial score (nSPS) is 29.9. The maximum atomic E-state index is 15.4. The Kier molecular flexibility index (Phi) is 6.08. The number of piperidine rings is 1. The second-order valence-electron chi connectivity index (χ2n) is 10.6. The zero-order valence-corrected chi connectivity index (χ0v) is 21.3. The maximum absolute atomic E-state index is 15.4. The van der Waals surface area contributed by atoms with Crippen LogP contribution in [0.3, 0.4) is 0 Å². The molecule has 0 radical (unpaired) electrons. The van der Waals surface area contributed by atoms with Crippen molar-refractivity contribution in [2.75, 3.05) is 18.0 Å². The van der Waals surface area contributed by atoms with Crippen molar-refractivity contribution in [3.8, 4) is 0 Å². The van der Waals surface area contributed by atoms with Crippen LogP contribution < -0.4 is 4.90 Å². The predicted octanol–water partition coefficient (Wildman–Crippen LogP) is 4.56. The molecule has 3 aliphatic rings. The first-order chi connectivity index (χ1) is 17.4. The van der Waals surface area contributed by atoms with Crippen molar-refractivity contribution in [2.45, 2.75) is 56.5 Å². The van der Waals surface area contributed by atoms with Gasteiger partial charge in [0.05, 0.1) is 0 Å². The fraction of sp³-hybridized carbons (Fsp3) is 0.481. The van der Waals surface area contributed by atoms with Crippen LogP contribution in [0.1, 0.15) is 55.0 Å². The quantitative estimate of drug-likeness (QED) is 0.504. The predicted molar refractivity (Wildman–Crippen MR) is 136 cm³/mol. The second-order valence-corrected chi connectivity index (χ2v) is 12.7. The summed E-state index contributed by atoms with van der Waals surface area (Å²) in [6.45, 7) is 3.71. The van der Waals surface area contributed by atoms with Crippen LogP contribution in [-0.2, 0) is 16.6 Å². The summed E-state index contributed by atoms with van der Waals surface area (Å²) >= 11 is 0. The number of nitrogens with zero attached hydrogens (tertiary/aromatic N) is 5. The van der Waals surface area contributed by atoms with Crippen molar-refractivity contribution in [1.82, 2.24) is 19.1 Å². The van der Waals surface area contributed by atoms with Gasteiger partial charge in [-0.25, -0.2) is 12.8 Å². The molecule has 6 rings (SSSR count). The average Bonchev–Trinajstić information content (AvgIpc) is 3.48. The van der Waals surface area contributed by atoms with E-state index >= 15 is 4.39 Å². The van der Waals surface area contributed by atoms with Gasteiger partial charge in [0.1, 0.15) is 23.7 Å². The van der Waals surface area contributed by atoms with Crippen LogP contribution in [0.4, 0.5) is 10.1 Å². The Balaban J connectivity index is 1.20. The molecule has 2 bridgehead atoms. The molecule has 2 saturated heterocycles. The highest BCUT2D eigenvalue weighted by molar-refractivity contribution is 7.89. The average molecular weight is 510 g/mol. The number of hydrogen-bond donors (Lipinski definition) is 0. The van der Waals surface area contributed by atoms with Crippen molar-refractivity contribution in [1.29, 1.82) is 0 Å². The summed E-state index contributed by atoms with van der Waals surface area (Å²) in [5.41, 5.74) is 2.09. The highest BCUT2D eigenvalue weighted by atomic mass is 32.2. The Bertz CT molecular complexity index is 1300. The Labute approximate surface area is 212 Å². The van der Waals surface area contributed by atoms with Crippen LogP contribution in [0.15, 0.2) is 61.2 Å². The summed E-state index contributed by atoms with van der Waals surface area (Å²) in [7, 11) is -3.60. The molecule has 1 saturated carbocycles. The smallest absolute Gasteiger partial charge is 0.221 e. The van der Waals surface area contributed by atoms with Gasteiger partial charge in [0.25, 0.3) is 0 Å². The van der Waals surface area contributed by atoms with Crippen LogP contribution in [-0.4, -0.2) is 46.6 Å². The van der Waals surface area contributed by atoms with Crippen LogP contribution in [0.25, 0.3) is 0 Å². The maximum Gasteiger partial charge on any atom is 0.221 e. The largest absolute Gasteiger partial charge is 0.371 e. The molecule has 1 aromatic heterocycles. The van der Waals surface area contributed by atoms with Crippen LogP contribution in [0, 0.1) is 17.7 Å². The van der Waals surface area contributed by atoms with Crippen LogP contribution in [0.5, 0.6) is 0 Å². The third kappa shape index (κ3) is 4.12. The van der Waals surface area contributed by atoms with Crippen LogP contribution in [0.2, 0.25) is 0 Å². The van der Waals surface area contributed by atoms with Gasteiger partial charge in [0, 0.05) is 43.0 Å². The van der Waals surface area contributed by atoms with Gasteiger partial charge in [-0.1, -0.05) is 36.4 Å². The SMILES string of the molecule is CC1CCC(c2ccccc2)S(=O)(=O)N1Cc1ccc(N2C[C@H]3CC[C@@H](C2)[C@@H]3n2cnnc2)cc1F. The van der Waals surface area contributed by atoms with Crippen LogP contribution >= 0.6 is 0 Å². The zero-order chi connectivity index (χ0) is 24.9. The van der Waals surface area contributed by atoms with Crippen molar-refractivity contribution < 1.29 is 12.8 Å². The monoisotopic (exact) mass is 509 g/mol. The van der Waals surface area contributed by atoms with Gasteiger partial charge >= 0.3 is 0 Å². The minimum Gasteiger partial charge on any atom is -0.371 e. The fourth-order valence-corrected chi connectivity index (χ4v) is 8.82. The third-order valence-corrected chi connectivity index (χ3v) is 10.9. The zero-order valence-electron chi connectivity index (χ0n) is 20.4. The van der Waals surface area contributed by atoms with Crippen molar-refractivity contribution in [2.24, 2.45) is 11.8 Å². The first kappa shape index (κ1) is 23.6. The molecule has 0 amide bonds. The molecule has 2 aromatic carbocycles. The van der Waals surface area contributed by atoms with Gasteiger partial charge in [-0.15, -0.1) is 10.2 Å². The Morgan fingerprint density at radius 3 is 2.31 bits per heavy atom. The number of rotatable bonds is 5. The number of benzene rings is 2. The van der Waals surface area contributed by atoms with Gasteiger partial charge < -0.3 is 9.47 Å². The highest BCUT2D eigenvalue weighted by Crippen LogP contribution is 2.46. The van der Waals surface area contributed by atoms with Gasteiger partial charge in [-0.2, -0.15) is 4.31 Å². The molecule has 3 heterocycles. The van der Waals surface area contributed by atoms with E-state index in [4.69, 9.17) is 0 Å². The number of hydrogen-bond acceptors (Lipinski definition) is 5. The summed E-state index contributed by atoms with van der Waals surface area (Å²) in [5, 5.41) is 7.38. The minimum atomic E-state index is -3.60. The molecule has 1 aliphatic carbocycles. The highest BCUT2D eigenvalue weighted by Gasteiger charge is 2.43. The lowest BCUT2D eigenvalue weighted by molar-refractivity contribution is 0.270. The summed E-state index contributed by atoms with van der Waals surface area (Å²) in [5.74, 6) is 0.624. The first-order valence-electron chi connectivity index (χ1n) is 12.8. The van der Waals surface area contributed by atoms with E-state index in [1.165, 1.54) is 4.31 Å².